The van der Waals surface area contributed by atoms with Gasteiger partial charge in [0.2, 0.25) is 0 Å². The van der Waals surface area contributed by atoms with Crippen molar-refractivity contribution < 1.29 is 22.3 Å². The molecule has 0 radical (unpaired) electrons. The fraction of sp³-hybridized carbons (Fsp3) is 0.579. The number of ether oxygens (including phenoxy) is 1. The van der Waals surface area contributed by atoms with Crippen LogP contribution in [0.1, 0.15) is 52.7 Å². The Hall–Kier alpha value is -1.43. The van der Waals surface area contributed by atoms with E-state index in [0.29, 0.717) is 11.8 Å². The van der Waals surface area contributed by atoms with E-state index in [-0.39, 0.29) is 22.4 Å². The lowest BCUT2D eigenvalue weighted by Crippen LogP contribution is -2.47. The molecule has 0 aliphatic heterocycles. The van der Waals surface area contributed by atoms with E-state index in [9.17, 15) is 13.2 Å². The molecule has 0 aliphatic carbocycles. The quantitative estimate of drug-likeness (QED) is 0.377. The van der Waals surface area contributed by atoms with Crippen LogP contribution in [0.3, 0.4) is 0 Å². The SMILES string of the molecule is Cc1ccc(C(=COC(F)(F)F)O[Si](C(C)C)(C(C)C)C(C)C)cc1. The van der Waals surface area contributed by atoms with Crippen molar-refractivity contribution in [3.63, 3.8) is 0 Å². The summed E-state index contributed by atoms with van der Waals surface area (Å²) in [4.78, 5) is 0. The first kappa shape index (κ1) is 21.6. The van der Waals surface area contributed by atoms with Crippen LogP contribution in [0.15, 0.2) is 30.5 Å². The fourth-order valence-electron chi connectivity index (χ4n) is 3.53. The van der Waals surface area contributed by atoms with Crippen LogP contribution in [0.5, 0.6) is 0 Å². The highest BCUT2D eigenvalue weighted by Crippen LogP contribution is 2.45. The molecule has 0 N–H and O–H groups in total. The number of alkyl halides is 3. The molecule has 0 heterocycles. The van der Waals surface area contributed by atoms with Gasteiger partial charge >= 0.3 is 6.36 Å². The first-order valence-corrected chi connectivity index (χ1v) is 10.7. The van der Waals surface area contributed by atoms with Gasteiger partial charge in [0.1, 0.15) is 12.0 Å². The Morgan fingerprint density at radius 3 is 1.72 bits per heavy atom. The van der Waals surface area contributed by atoms with E-state index in [0.717, 1.165) is 5.56 Å². The standard InChI is InChI=1S/C19H29F3O2Si/c1-13(2)25(14(3)4,15(5)6)24-18(12-23-19(20,21)22)17-10-8-16(7)9-11-17/h8-15H,1-7H3. The molecule has 0 fully saturated rings. The van der Waals surface area contributed by atoms with Crippen molar-refractivity contribution in [3.05, 3.63) is 41.7 Å². The smallest absolute Gasteiger partial charge is 0.540 e. The molecule has 0 aliphatic rings. The van der Waals surface area contributed by atoms with Crippen molar-refractivity contribution in [1.82, 2.24) is 0 Å². The van der Waals surface area contributed by atoms with Gasteiger partial charge in [0.15, 0.2) is 0 Å². The molecule has 0 spiro atoms. The van der Waals surface area contributed by atoms with E-state index >= 15 is 0 Å². The summed E-state index contributed by atoms with van der Waals surface area (Å²) in [5.74, 6) is 0.153. The largest absolute Gasteiger partial charge is 0.572 e. The van der Waals surface area contributed by atoms with Gasteiger partial charge in [0.05, 0.1) is 0 Å². The molecule has 0 atom stereocenters. The molecule has 0 amide bonds. The van der Waals surface area contributed by atoms with E-state index in [2.05, 4.69) is 46.3 Å². The fourth-order valence-corrected chi connectivity index (χ4v) is 8.79. The molecule has 0 unspecified atom stereocenters. The van der Waals surface area contributed by atoms with Gasteiger partial charge in [0.25, 0.3) is 8.32 Å². The Morgan fingerprint density at radius 2 is 1.36 bits per heavy atom. The van der Waals surface area contributed by atoms with Gasteiger partial charge in [0, 0.05) is 5.56 Å². The van der Waals surface area contributed by atoms with E-state index in [1.807, 2.05) is 19.1 Å². The molecule has 0 saturated heterocycles. The van der Waals surface area contributed by atoms with Gasteiger partial charge < -0.3 is 9.16 Å². The summed E-state index contributed by atoms with van der Waals surface area (Å²) in [6, 6.07) is 7.23. The molecule has 2 nitrogen and oxygen atoms in total. The van der Waals surface area contributed by atoms with Crippen LogP contribution in [-0.4, -0.2) is 14.7 Å². The maximum atomic E-state index is 12.6. The molecule has 0 saturated carbocycles. The maximum Gasteiger partial charge on any atom is 0.572 e. The zero-order valence-corrected chi connectivity index (χ0v) is 17.1. The maximum absolute atomic E-state index is 12.6. The third-order valence-corrected chi connectivity index (χ3v) is 10.6. The van der Waals surface area contributed by atoms with Gasteiger partial charge in [-0.3, -0.25) is 0 Å². The second-order valence-corrected chi connectivity index (χ2v) is 12.7. The third kappa shape index (κ3) is 5.52. The summed E-state index contributed by atoms with van der Waals surface area (Å²) in [6.07, 6.45) is -4.03. The molecular formula is C19H29F3O2Si. The van der Waals surface area contributed by atoms with E-state index < -0.39 is 14.7 Å². The Balaban J connectivity index is 3.37. The van der Waals surface area contributed by atoms with Crippen molar-refractivity contribution in [1.29, 1.82) is 0 Å². The number of aryl methyl sites for hydroxylation is 1. The molecule has 142 valence electrons. The highest BCUT2D eigenvalue weighted by molar-refractivity contribution is 6.78. The zero-order valence-electron chi connectivity index (χ0n) is 16.1. The normalized spacial score (nSPS) is 13.7. The van der Waals surface area contributed by atoms with Crippen LogP contribution < -0.4 is 0 Å². The lowest BCUT2D eigenvalue weighted by Gasteiger charge is -2.42. The molecule has 1 aromatic rings. The third-order valence-electron chi connectivity index (χ3n) is 4.63. The number of hydrogen-bond acceptors (Lipinski definition) is 2. The minimum Gasteiger partial charge on any atom is -0.540 e. The number of benzene rings is 1. The van der Waals surface area contributed by atoms with Crippen LogP contribution in [0.2, 0.25) is 16.6 Å². The van der Waals surface area contributed by atoms with Crippen molar-refractivity contribution in [2.24, 2.45) is 0 Å². The van der Waals surface area contributed by atoms with Crippen molar-refractivity contribution in [3.8, 4) is 0 Å². The van der Waals surface area contributed by atoms with E-state index in [4.69, 9.17) is 4.43 Å². The summed E-state index contributed by atoms with van der Waals surface area (Å²) in [6.45, 7) is 14.4. The summed E-state index contributed by atoms with van der Waals surface area (Å²) >= 11 is 0. The molecule has 1 rings (SSSR count). The monoisotopic (exact) mass is 374 g/mol. The molecule has 1 aromatic carbocycles. The number of hydrogen-bond donors (Lipinski definition) is 0. The topological polar surface area (TPSA) is 18.5 Å². The van der Waals surface area contributed by atoms with Gasteiger partial charge in [-0.2, -0.15) is 0 Å². The average molecular weight is 375 g/mol. The summed E-state index contributed by atoms with van der Waals surface area (Å²) in [7, 11) is -2.40. The van der Waals surface area contributed by atoms with Crippen LogP contribution >= 0.6 is 0 Å². The minimum atomic E-state index is -4.74. The van der Waals surface area contributed by atoms with E-state index in [1.165, 1.54) is 0 Å². The Kier molecular flexibility index (Phi) is 7.17. The predicted octanol–water partition coefficient (Wildman–Crippen LogP) is 7.02. The Morgan fingerprint density at radius 1 is 0.920 bits per heavy atom. The highest BCUT2D eigenvalue weighted by atomic mass is 28.4. The average Bonchev–Trinajstić information content (AvgIpc) is 2.46. The lowest BCUT2D eigenvalue weighted by atomic mass is 10.1. The van der Waals surface area contributed by atoms with Crippen LogP contribution in [-0.2, 0) is 9.16 Å². The predicted molar refractivity (Wildman–Crippen MR) is 98.4 cm³/mol. The second-order valence-electron chi connectivity index (χ2n) is 7.33. The number of rotatable bonds is 7. The molecular weight excluding hydrogens is 345 g/mol. The molecule has 0 bridgehead atoms. The van der Waals surface area contributed by atoms with Crippen LogP contribution in [0, 0.1) is 6.92 Å². The Labute approximate surface area is 150 Å². The Bertz CT molecular complexity index is 554. The van der Waals surface area contributed by atoms with Gasteiger partial charge in [-0.05, 0) is 23.5 Å². The van der Waals surface area contributed by atoms with Gasteiger partial charge in [-0.1, -0.05) is 71.4 Å². The minimum absolute atomic E-state index is 0.153. The first-order valence-electron chi connectivity index (χ1n) is 8.61. The molecule has 6 heteroatoms. The van der Waals surface area contributed by atoms with Gasteiger partial charge in [-0.15, -0.1) is 13.2 Å². The van der Waals surface area contributed by atoms with Crippen LogP contribution in [0.25, 0.3) is 5.76 Å². The van der Waals surface area contributed by atoms with E-state index in [1.54, 1.807) is 12.1 Å². The zero-order chi connectivity index (χ0) is 19.4. The summed E-state index contributed by atoms with van der Waals surface area (Å²) < 4.78 is 48.2. The second kappa shape index (κ2) is 8.30. The number of halogens is 3. The van der Waals surface area contributed by atoms with Crippen molar-refractivity contribution >= 4 is 14.1 Å². The highest BCUT2D eigenvalue weighted by Gasteiger charge is 2.47. The molecule has 0 aromatic heterocycles. The summed E-state index contributed by atoms with van der Waals surface area (Å²) in [5, 5.41) is 0. The van der Waals surface area contributed by atoms with Crippen LogP contribution in [0.4, 0.5) is 13.2 Å². The van der Waals surface area contributed by atoms with Crippen molar-refractivity contribution in [2.75, 3.05) is 0 Å². The summed E-state index contributed by atoms with van der Waals surface area (Å²) in [5.41, 5.74) is 2.35. The lowest BCUT2D eigenvalue weighted by molar-refractivity contribution is -0.298. The van der Waals surface area contributed by atoms with Crippen molar-refractivity contribution in [2.45, 2.75) is 71.5 Å². The molecule has 25 heavy (non-hydrogen) atoms. The van der Waals surface area contributed by atoms with Gasteiger partial charge in [-0.25, -0.2) is 0 Å². The first-order chi connectivity index (χ1) is 11.4.